The van der Waals surface area contributed by atoms with Gasteiger partial charge in [0.1, 0.15) is 5.02 Å². The molecule has 0 saturated heterocycles. The number of para-hydroxylation sites is 1. The largest absolute Gasteiger partial charge is 0.398 e. The van der Waals surface area contributed by atoms with Crippen molar-refractivity contribution in [3.05, 3.63) is 34.5 Å². The second-order valence-electron chi connectivity index (χ2n) is 5.24. The van der Waals surface area contributed by atoms with E-state index in [1.165, 1.54) is 30.5 Å². The minimum absolute atomic E-state index is 0.676. The van der Waals surface area contributed by atoms with Gasteiger partial charge in [0.15, 0.2) is 5.69 Å². The van der Waals surface area contributed by atoms with E-state index in [9.17, 15) is 0 Å². The molecule has 17 heavy (non-hydrogen) atoms. The molecule has 2 nitrogen and oxygen atoms in total. The second kappa shape index (κ2) is 3.14. The lowest BCUT2D eigenvalue weighted by molar-refractivity contribution is -0.360. The highest BCUT2D eigenvalue weighted by Crippen LogP contribution is 2.54. The number of aromatic nitrogens is 1. The van der Waals surface area contributed by atoms with E-state index in [-0.39, 0.29) is 0 Å². The zero-order valence-corrected chi connectivity index (χ0v) is 10.2. The van der Waals surface area contributed by atoms with Gasteiger partial charge < -0.3 is 5.73 Å². The number of nitrogens with two attached hydrogens (primary N) is 1. The quantitative estimate of drug-likeness (QED) is 0.761. The first kappa shape index (κ1) is 9.72. The van der Waals surface area contributed by atoms with Crippen LogP contribution in [0.5, 0.6) is 0 Å². The van der Waals surface area contributed by atoms with Crippen molar-refractivity contribution in [3.8, 4) is 0 Å². The molecule has 3 N–H and O–H groups in total. The van der Waals surface area contributed by atoms with E-state index in [1.54, 1.807) is 0 Å². The molecule has 0 amide bonds. The zero-order chi connectivity index (χ0) is 11.6. The molecule has 2 atom stereocenters. The molecule has 2 aliphatic carbocycles. The van der Waals surface area contributed by atoms with Gasteiger partial charge in [0.25, 0.3) is 0 Å². The number of nitrogens with one attached hydrogen (secondary N) is 1. The Morgan fingerprint density at radius 2 is 2.06 bits per heavy atom. The Hall–Kier alpha value is -1.28. The summed E-state index contributed by atoms with van der Waals surface area (Å²) in [4.78, 5) is 3.54. The van der Waals surface area contributed by atoms with Gasteiger partial charge in [-0.15, -0.1) is 0 Å². The van der Waals surface area contributed by atoms with Crippen LogP contribution in [0.2, 0.25) is 5.02 Å². The predicted octanol–water partition coefficient (Wildman–Crippen LogP) is 3.25. The molecule has 4 rings (SSSR count). The van der Waals surface area contributed by atoms with E-state index in [0.717, 1.165) is 21.6 Å². The Morgan fingerprint density at radius 1 is 1.24 bits per heavy atom. The summed E-state index contributed by atoms with van der Waals surface area (Å²) >= 11 is 6.25. The van der Waals surface area contributed by atoms with E-state index < -0.39 is 0 Å². The Bertz CT molecular complexity index is 636. The lowest BCUT2D eigenvalue weighted by Crippen LogP contribution is -2.19. The Labute approximate surface area is 105 Å². The average Bonchev–Trinajstić information content (AvgIpc) is 2.91. The zero-order valence-electron chi connectivity index (χ0n) is 9.46. The van der Waals surface area contributed by atoms with Crippen LogP contribution in [0.4, 0.5) is 5.69 Å². The number of hydrogen-bond donors (Lipinski definition) is 1. The van der Waals surface area contributed by atoms with Crippen LogP contribution in [0, 0.1) is 0 Å². The van der Waals surface area contributed by atoms with E-state index in [4.69, 9.17) is 17.3 Å². The molecule has 0 aliphatic heterocycles. The van der Waals surface area contributed by atoms with Crippen LogP contribution in [0.15, 0.2) is 18.2 Å². The Morgan fingerprint density at radius 3 is 2.94 bits per heavy atom. The van der Waals surface area contributed by atoms with E-state index in [2.05, 4.69) is 11.1 Å². The minimum Gasteiger partial charge on any atom is -0.398 e. The molecule has 1 aromatic heterocycles. The number of anilines is 1. The summed E-state index contributed by atoms with van der Waals surface area (Å²) in [5.41, 5.74) is 11.0. The maximum Gasteiger partial charge on any atom is 0.231 e. The van der Waals surface area contributed by atoms with Crippen molar-refractivity contribution in [3.63, 3.8) is 0 Å². The molecule has 1 saturated carbocycles. The fraction of sp³-hybridized carbons (Fsp3) is 0.357. The van der Waals surface area contributed by atoms with Crippen molar-refractivity contribution in [2.24, 2.45) is 0 Å². The van der Waals surface area contributed by atoms with E-state index in [0.29, 0.717) is 11.8 Å². The van der Waals surface area contributed by atoms with Crippen LogP contribution in [0.25, 0.3) is 10.9 Å². The van der Waals surface area contributed by atoms with Crippen molar-refractivity contribution in [1.82, 2.24) is 0 Å². The first-order valence-electron chi connectivity index (χ1n) is 6.18. The molecular weight excluding hydrogens is 232 g/mol. The van der Waals surface area contributed by atoms with Gasteiger partial charge in [-0.1, -0.05) is 17.7 Å². The number of H-pyrrole nitrogens is 1. The molecule has 0 spiro atoms. The van der Waals surface area contributed by atoms with Gasteiger partial charge in [0.05, 0.1) is 11.1 Å². The van der Waals surface area contributed by atoms with Crippen LogP contribution < -0.4 is 10.7 Å². The van der Waals surface area contributed by atoms with Crippen molar-refractivity contribution < 1.29 is 4.98 Å². The van der Waals surface area contributed by atoms with Gasteiger partial charge >= 0.3 is 0 Å². The molecule has 2 aromatic rings. The van der Waals surface area contributed by atoms with Crippen LogP contribution >= 0.6 is 11.6 Å². The van der Waals surface area contributed by atoms with Gasteiger partial charge in [-0.25, -0.2) is 4.98 Å². The van der Waals surface area contributed by atoms with Gasteiger partial charge in [-0.05, 0) is 37.3 Å². The fourth-order valence-electron chi connectivity index (χ4n) is 3.64. The number of benzene rings is 1. The average molecular weight is 246 g/mol. The summed E-state index contributed by atoms with van der Waals surface area (Å²) in [5, 5.41) is 1.84. The second-order valence-corrected chi connectivity index (χ2v) is 5.64. The molecule has 1 heterocycles. The predicted molar refractivity (Wildman–Crippen MR) is 69.3 cm³/mol. The lowest BCUT2D eigenvalue weighted by Gasteiger charge is -2.14. The summed E-state index contributed by atoms with van der Waals surface area (Å²) in [6, 6.07) is 5.94. The topological polar surface area (TPSA) is 40.2 Å². The Balaban J connectivity index is 2.14. The SMILES string of the molecule is Nc1c2c([nH+]c3c(Cl)cccc13)C1CCC2C1. The lowest BCUT2D eigenvalue weighted by atomic mass is 9.93. The molecule has 3 heteroatoms. The summed E-state index contributed by atoms with van der Waals surface area (Å²) < 4.78 is 0. The summed E-state index contributed by atoms with van der Waals surface area (Å²) in [7, 11) is 0. The van der Waals surface area contributed by atoms with E-state index in [1.807, 2.05) is 12.1 Å². The summed E-state index contributed by atoms with van der Waals surface area (Å²) in [6.07, 6.45) is 3.86. The smallest absolute Gasteiger partial charge is 0.231 e. The molecule has 86 valence electrons. The Kier molecular flexibility index (Phi) is 1.79. The van der Waals surface area contributed by atoms with Gasteiger partial charge in [0, 0.05) is 11.5 Å². The van der Waals surface area contributed by atoms with E-state index >= 15 is 0 Å². The summed E-state index contributed by atoms with van der Waals surface area (Å²) in [5.74, 6) is 1.35. The van der Waals surface area contributed by atoms with Crippen molar-refractivity contribution in [2.75, 3.05) is 5.73 Å². The minimum atomic E-state index is 0.676. The maximum atomic E-state index is 6.35. The number of fused-ring (bicyclic) bond motifs is 6. The van der Waals surface area contributed by atoms with Gasteiger partial charge in [-0.3, -0.25) is 0 Å². The molecular formula is C14H14ClN2+. The number of halogens is 1. The third-order valence-electron chi connectivity index (χ3n) is 4.39. The molecule has 1 fully saturated rings. The molecule has 1 aromatic carbocycles. The van der Waals surface area contributed by atoms with Crippen LogP contribution in [-0.2, 0) is 0 Å². The molecule has 2 unspecified atom stereocenters. The maximum absolute atomic E-state index is 6.35. The highest BCUT2D eigenvalue weighted by atomic mass is 35.5. The normalized spacial score (nSPS) is 25.5. The van der Waals surface area contributed by atoms with Crippen LogP contribution in [-0.4, -0.2) is 0 Å². The van der Waals surface area contributed by atoms with Gasteiger partial charge in [-0.2, -0.15) is 0 Å². The highest BCUT2D eigenvalue weighted by Gasteiger charge is 2.44. The first-order chi connectivity index (χ1) is 8.25. The molecule has 2 bridgehead atoms. The monoisotopic (exact) mass is 245 g/mol. The number of rotatable bonds is 0. The first-order valence-corrected chi connectivity index (χ1v) is 6.56. The highest BCUT2D eigenvalue weighted by molar-refractivity contribution is 6.35. The number of hydrogen-bond acceptors (Lipinski definition) is 1. The molecule has 0 radical (unpaired) electrons. The number of pyridine rings is 1. The third-order valence-corrected chi connectivity index (χ3v) is 4.71. The summed E-state index contributed by atoms with van der Waals surface area (Å²) in [6.45, 7) is 0. The van der Waals surface area contributed by atoms with Crippen molar-refractivity contribution in [2.45, 2.75) is 31.1 Å². The number of aromatic amines is 1. The molecule has 2 aliphatic rings. The van der Waals surface area contributed by atoms with Crippen LogP contribution in [0.3, 0.4) is 0 Å². The third kappa shape index (κ3) is 1.14. The number of nitrogen functional groups attached to an aromatic ring is 1. The fourth-order valence-corrected chi connectivity index (χ4v) is 3.86. The van der Waals surface area contributed by atoms with Crippen molar-refractivity contribution in [1.29, 1.82) is 0 Å². The van der Waals surface area contributed by atoms with Gasteiger partial charge in [0.2, 0.25) is 5.52 Å². The van der Waals surface area contributed by atoms with Crippen LogP contribution in [0.1, 0.15) is 42.4 Å². The van der Waals surface area contributed by atoms with Crippen molar-refractivity contribution >= 4 is 28.2 Å². The standard InChI is InChI=1S/C14H13ClN2/c15-10-3-1-2-9-12(16)11-7-4-5-8(6-7)13(11)17-14(9)10/h1-3,7-8H,4-6H2,(H2,16,17)/p+1.